The second kappa shape index (κ2) is 3.30. The molecular formula is C7H12ClNO2. The summed E-state index contributed by atoms with van der Waals surface area (Å²) in [5.74, 6) is 0. The molecule has 4 heteroatoms. The molecule has 0 bridgehead atoms. The summed E-state index contributed by atoms with van der Waals surface area (Å²) in [5, 5.41) is -0.00662. The van der Waals surface area contributed by atoms with Crippen LogP contribution in [0, 0.1) is 0 Å². The molecule has 0 aromatic heterocycles. The summed E-state index contributed by atoms with van der Waals surface area (Å²) in [6.45, 7) is 4.97. The molecule has 1 aliphatic heterocycles. The summed E-state index contributed by atoms with van der Waals surface area (Å²) in [5.41, 5.74) is 0. The van der Waals surface area contributed by atoms with Crippen molar-refractivity contribution in [3.8, 4) is 0 Å². The number of carbonyl (C=O) groups is 1. The number of hydrogen-bond donors (Lipinski definition) is 0. The van der Waals surface area contributed by atoms with E-state index >= 15 is 0 Å². The van der Waals surface area contributed by atoms with Crippen molar-refractivity contribution in [1.82, 2.24) is 4.90 Å². The van der Waals surface area contributed by atoms with Crippen molar-refractivity contribution in [2.75, 3.05) is 13.1 Å². The number of halogens is 1. The number of nitrogens with zero attached hydrogens (tertiary/aromatic N) is 1. The monoisotopic (exact) mass is 177 g/mol. The van der Waals surface area contributed by atoms with E-state index in [1.165, 1.54) is 0 Å². The molecule has 0 N–H and O–H groups in total. The standard InChI is InChI=1S/C7H12ClNO2/c1-5(8)3-9-4-6(2)11-7(9)10/h5-6H,3-4H2,1-2H3/t5-,6+/m0/s1. The lowest BCUT2D eigenvalue weighted by molar-refractivity contribution is 0.138. The Labute approximate surface area is 71.3 Å². The Balaban J connectivity index is 2.41. The molecular weight excluding hydrogens is 166 g/mol. The lowest BCUT2D eigenvalue weighted by Gasteiger charge is -2.13. The van der Waals surface area contributed by atoms with E-state index in [0.717, 1.165) is 0 Å². The first-order valence-corrected chi connectivity index (χ1v) is 4.13. The van der Waals surface area contributed by atoms with Crippen LogP contribution in [0.1, 0.15) is 13.8 Å². The van der Waals surface area contributed by atoms with E-state index in [4.69, 9.17) is 16.3 Å². The van der Waals surface area contributed by atoms with E-state index in [1.807, 2.05) is 13.8 Å². The quantitative estimate of drug-likeness (QED) is 0.598. The van der Waals surface area contributed by atoms with Gasteiger partial charge in [0.2, 0.25) is 0 Å². The Kier molecular flexibility index (Phi) is 2.60. The Bertz CT molecular complexity index is 161. The average Bonchev–Trinajstić information content (AvgIpc) is 2.09. The molecule has 1 fully saturated rings. The summed E-state index contributed by atoms with van der Waals surface area (Å²) in [6, 6.07) is 0. The SMILES string of the molecule is C[C@H](Cl)CN1C[C@@H](C)OC1=O. The first-order chi connectivity index (χ1) is 5.09. The molecule has 11 heavy (non-hydrogen) atoms. The molecule has 0 aliphatic carbocycles. The minimum absolute atomic E-state index is 0.00662. The molecule has 1 amide bonds. The van der Waals surface area contributed by atoms with Gasteiger partial charge in [-0.25, -0.2) is 4.79 Å². The molecule has 0 radical (unpaired) electrons. The maximum absolute atomic E-state index is 11.0. The smallest absolute Gasteiger partial charge is 0.410 e. The summed E-state index contributed by atoms with van der Waals surface area (Å²) in [6.07, 6.45) is -0.233. The molecule has 64 valence electrons. The van der Waals surface area contributed by atoms with Gasteiger partial charge in [0.15, 0.2) is 0 Å². The molecule has 1 heterocycles. The summed E-state index contributed by atoms with van der Waals surface area (Å²) >= 11 is 5.72. The fourth-order valence-corrected chi connectivity index (χ4v) is 1.29. The summed E-state index contributed by atoms with van der Waals surface area (Å²) < 4.78 is 4.90. The van der Waals surface area contributed by atoms with Gasteiger partial charge in [-0.1, -0.05) is 0 Å². The largest absolute Gasteiger partial charge is 0.445 e. The van der Waals surface area contributed by atoms with Gasteiger partial charge in [-0.3, -0.25) is 0 Å². The third-order valence-electron chi connectivity index (χ3n) is 1.51. The molecule has 1 rings (SSSR count). The molecule has 1 aliphatic rings. The number of carbonyl (C=O) groups excluding carboxylic acids is 1. The van der Waals surface area contributed by atoms with E-state index in [1.54, 1.807) is 4.90 Å². The van der Waals surface area contributed by atoms with E-state index in [9.17, 15) is 4.79 Å². The lowest BCUT2D eigenvalue weighted by Crippen LogP contribution is -2.30. The predicted octanol–water partition coefficient (Wildman–Crippen LogP) is 1.45. The zero-order chi connectivity index (χ0) is 8.43. The van der Waals surface area contributed by atoms with Crippen molar-refractivity contribution in [2.24, 2.45) is 0 Å². The highest BCUT2D eigenvalue weighted by Crippen LogP contribution is 2.11. The van der Waals surface area contributed by atoms with Gasteiger partial charge in [-0.15, -0.1) is 11.6 Å². The van der Waals surface area contributed by atoms with E-state index in [-0.39, 0.29) is 17.6 Å². The highest BCUT2D eigenvalue weighted by molar-refractivity contribution is 6.20. The van der Waals surface area contributed by atoms with E-state index < -0.39 is 0 Å². The van der Waals surface area contributed by atoms with Crippen LogP contribution in [0.3, 0.4) is 0 Å². The Morgan fingerprint density at radius 3 is 2.91 bits per heavy atom. The van der Waals surface area contributed by atoms with Crippen LogP contribution < -0.4 is 0 Å². The number of amides is 1. The number of rotatable bonds is 2. The zero-order valence-electron chi connectivity index (χ0n) is 6.71. The Hall–Kier alpha value is -0.440. The molecule has 1 saturated heterocycles. The number of alkyl halides is 1. The van der Waals surface area contributed by atoms with Crippen LogP contribution in [0.2, 0.25) is 0 Å². The van der Waals surface area contributed by atoms with Gasteiger partial charge >= 0.3 is 6.09 Å². The van der Waals surface area contributed by atoms with Crippen LogP contribution in [-0.4, -0.2) is 35.6 Å². The summed E-state index contributed by atoms with van der Waals surface area (Å²) in [7, 11) is 0. The Morgan fingerprint density at radius 1 is 1.91 bits per heavy atom. The van der Waals surface area contributed by atoms with Gasteiger partial charge < -0.3 is 9.64 Å². The second-order valence-electron chi connectivity index (χ2n) is 2.88. The average molecular weight is 178 g/mol. The summed E-state index contributed by atoms with van der Waals surface area (Å²) in [4.78, 5) is 12.6. The highest BCUT2D eigenvalue weighted by Gasteiger charge is 2.28. The third kappa shape index (κ3) is 2.26. The predicted molar refractivity (Wildman–Crippen MR) is 42.8 cm³/mol. The molecule has 3 nitrogen and oxygen atoms in total. The van der Waals surface area contributed by atoms with Gasteiger partial charge in [0.05, 0.1) is 6.54 Å². The molecule has 2 atom stereocenters. The van der Waals surface area contributed by atoms with Gasteiger partial charge in [-0.05, 0) is 13.8 Å². The first kappa shape index (κ1) is 8.65. The first-order valence-electron chi connectivity index (χ1n) is 3.69. The zero-order valence-corrected chi connectivity index (χ0v) is 7.47. The Morgan fingerprint density at radius 2 is 2.55 bits per heavy atom. The van der Waals surface area contributed by atoms with Crippen LogP contribution in [0.15, 0.2) is 0 Å². The molecule has 0 unspecified atom stereocenters. The van der Waals surface area contributed by atoms with Crippen LogP contribution in [-0.2, 0) is 4.74 Å². The number of hydrogen-bond acceptors (Lipinski definition) is 2. The molecule has 0 saturated carbocycles. The van der Waals surface area contributed by atoms with Gasteiger partial charge in [-0.2, -0.15) is 0 Å². The number of cyclic esters (lactones) is 1. The number of ether oxygens (including phenoxy) is 1. The lowest BCUT2D eigenvalue weighted by atomic mass is 10.4. The van der Waals surface area contributed by atoms with Crippen LogP contribution in [0.4, 0.5) is 4.79 Å². The van der Waals surface area contributed by atoms with Crippen molar-refractivity contribution in [1.29, 1.82) is 0 Å². The van der Waals surface area contributed by atoms with Crippen LogP contribution in [0.25, 0.3) is 0 Å². The minimum atomic E-state index is -0.245. The van der Waals surface area contributed by atoms with Gasteiger partial charge in [0, 0.05) is 11.9 Å². The molecule has 0 aromatic carbocycles. The fraction of sp³-hybridized carbons (Fsp3) is 0.857. The van der Waals surface area contributed by atoms with E-state index in [0.29, 0.717) is 13.1 Å². The van der Waals surface area contributed by atoms with Crippen molar-refractivity contribution < 1.29 is 9.53 Å². The van der Waals surface area contributed by atoms with Crippen LogP contribution >= 0.6 is 11.6 Å². The maximum Gasteiger partial charge on any atom is 0.410 e. The second-order valence-corrected chi connectivity index (χ2v) is 3.63. The highest BCUT2D eigenvalue weighted by atomic mass is 35.5. The van der Waals surface area contributed by atoms with Crippen molar-refractivity contribution in [3.05, 3.63) is 0 Å². The van der Waals surface area contributed by atoms with Crippen LogP contribution in [0.5, 0.6) is 0 Å². The normalized spacial score (nSPS) is 27.0. The fourth-order valence-electron chi connectivity index (χ4n) is 1.12. The third-order valence-corrected chi connectivity index (χ3v) is 1.65. The van der Waals surface area contributed by atoms with Crippen molar-refractivity contribution in [3.63, 3.8) is 0 Å². The van der Waals surface area contributed by atoms with Gasteiger partial charge in [0.25, 0.3) is 0 Å². The molecule has 0 aromatic rings. The topological polar surface area (TPSA) is 29.5 Å². The van der Waals surface area contributed by atoms with Gasteiger partial charge in [0.1, 0.15) is 6.10 Å². The minimum Gasteiger partial charge on any atom is -0.445 e. The van der Waals surface area contributed by atoms with E-state index in [2.05, 4.69) is 0 Å². The van der Waals surface area contributed by atoms with Crippen molar-refractivity contribution in [2.45, 2.75) is 25.3 Å². The maximum atomic E-state index is 11.0. The van der Waals surface area contributed by atoms with Crippen molar-refractivity contribution >= 4 is 17.7 Å². The molecule has 0 spiro atoms.